The number of aromatic nitrogens is 2. The van der Waals surface area contributed by atoms with Crippen LogP contribution >= 0.6 is 11.6 Å². The van der Waals surface area contributed by atoms with E-state index in [4.69, 9.17) is 11.6 Å². The van der Waals surface area contributed by atoms with E-state index >= 15 is 0 Å². The van der Waals surface area contributed by atoms with Crippen LogP contribution in [0.3, 0.4) is 0 Å². The molecule has 0 aliphatic carbocycles. The summed E-state index contributed by atoms with van der Waals surface area (Å²) in [6.45, 7) is 2.93. The van der Waals surface area contributed by atoms with E-state index in [0.29, 0.717) is 17.0 Å². The maximum Gasteiger partial charge on any atom is 0.127 e. The Labute approximate surface area is 123 Å². The van der Waals surface area contributed by atoms with Gasteiger partial charge in [0.15, 0.2) is 0 Å². The molecule has 1 unspecified atom stereocenters. The van der Waals surface area contributed by atoms with Crippen molar-refractivity contribution in [3.63, 3.8) is 0 Å². The Morgan fingerprint density at radius 2 is 2.15 bits per heavy atom. The van der Waals surface area contributed by atoms with Crippen molar-refractivity contribution in [1.82, 2.24) is 15.5 Å². The first-order chi connectivity index (χ1) is 9.72. The molecule has 1 heterocycles. The van der Waals surface area contributed by atoms with E-state index in [-0.39, 0.29) is 11.9 Å². The van der Waals surface area contributed by atoms with E-state index in [2.05, 4.69) is 22.4 Å². The SMILES string of the molecule is CCCNC(Cc1c(F)cccc1Cl)c1ccnnc1. The van der Waals surface area contributed by atoms with Gasteiger partial charge in [0.2, 0.25) is 0 Å². The molecule has 3 nitrogen and oxygen atoms in total. The highest BCUT2D eigenvalue weighted by Gasteiger charge is 2.16. The van der Waals surface area contributed by atoms with Crippen LogP contribution in [0, 0.1) is 5.82 Å². The average molecular weight is 294 g/mol. The molecule has 1 aromatic heterocycles. The maximum atomic E-state index is 13.9. The van der Waals surface area contributed by atoms with Gasteiger partial charge in [0.25, 0.3) is 0 Å². The maximum absolute atomic E-state index is 13.9. The molecular formula is C15H17ClFN3. The Kier molecular flexibility index (Phi) is 5.44. The smallest absolute Gasteiger partial charge is 0.127 e. The molecule has 0 aliphatic rings. The molecule has 0 amide bonds. The van der Waals surface area contributed by atoms with Crippen molar-refractivity contribution in [1.29, 1.82) is 0 Å². The number of nitrogens with one attached hydrogen (secondary N) is 1. The van der Waals surface area contributed by atoms with Crippen molar-refractivity contribution in [2.24, 2.45) is 0 Å². The molecule has 0 aliphatic heterocycles. The van der Waals surface area contributed by atoms with E-state index in [9.17, 15) is 4.39 Å². The van der Waals surface area contributed by atoms with Crippen molar-refractivity contribution >= 4 is 11.6 Å². The predicted octanol–water partition coefficient (Wildman–Crippen LogP) is 3.55. The molecule has 5 heteroatoms. The molecule has 0 bridgehead atoms. The molecular weight excluding hydrogens is 277 g/mol. The largest absolute Gasteiger partial charge is 0.310 e. The van der Waals surface area contributed by atoms with Gasteiger partial charge in [0.05, 0.1) is 6.20 Å². The standard InChI is InChI=1S/C15H17ClFN3/c1-2-7-18-15(11-6-8-19-20-10-11)9-12-13(16)4-3-5-14(12)17/h3-6,8,10,15,18H,2,7,9H2,1H3. The summed E-state index contributed by atoms with van der Waals surface area (Å²) in [5.74, 6) is -0.275. The van der Waals surface area contributed by atoms with Crippen molar-refractivity contribution in [3.05, 3.63) is 58.6 Å². The number of benzene rings is 1. The van der Waals surface area contributed by atoms with Gasteiger partial charge in [-0.25, -0.2) is 4.39 Å². The number of halogens is 2. The van der Waals surface area contributed by atoms with Crippen LogP contribution in [-0.2, 0) is 6.42 Å². The van der Waals surface area contributed by atoms with Crippen LogP contribution in [0.15, 0.2) is 36.7 Å². The molecule has 20 heavy (non-hydrogen) atoms. The number of hydrogen-bond acceptors (Lipinski definition) is 3. The van der Waals surface area contributed by atoms with Crippen LogP contribution in [-0.4, -0.2) is 16.7 Å². The lowest BCUT2D eigenvalue weighted by atomic mass is 10.00. The Morgan fingerprint density at radius 3 is 2.80 bits per heavy atom. The van der Waals surface area contributed by atoms with Gasteiger partial charge in [0, 0.05) is 22.8 Å². The van der Waals surface area contributed by atoms with Crippen LogP contribution in [0.25, 0.3) is 0 Å². The molecule has 0 fully saturated rings. The van der Waals surface area contributed by atoms with Crippen molar-refractivity contribution in [2.75, 3.05) is 6.54 Å². The lowest BCUT2D eigenvalue weighted by Gasteiger charge is -2.19. The lowest BCUT2D eigenvalue weighted by molar-refractivity contribution is 0.511. The molecule has 1 atom stereocenters. The summed E-state index contributed by atoms with van der Waals surface area (Å²) in [4.78, 5) is 0. The number of rotatable bonds is 6. The van der Waals surface area contributed by atoms with E-state index in [1.54, 1.807) is 24.5 Å². The van der Waals surface area contributed by atoms with Gasteiger partial charge in [-0.2, -0.15) is 10.2 Å². The normalized spacial score (nSPS) is 12.3. The van der Waals surface area contributed by atoms with E-state index in [1.807, 2.05) is 6.07 Å². The van der Waals surface area contributed by atoms with Gasteiger partial charge >= 0.3 is 0 Å². The fraction of sp³-hybridized carbons (Fsp3) is 0.333. The van der Waals surface area contributed by atoms with Crippen molar-refractivity contribution < 1.29 is 4.39 Å². The summed E-state index contributed by atoms with van der Waals surface area (Å²) < 4.78 is 13.9. The van der Waals surface area contributed by atoms with E-state index < -0.39 is 0 Å². The minimum Gasteiger partial charge on any atom is -0.310 e. The first kappa shape index (κ1) is 14.9. The van der Waals surface area contributed by atoms with Gasteiger partial charge in [-0.1, -0.05) is 24.6 Å². The van der Waals surface area contributed by atoms with Crippen LogP contribution in [0.1, 0.15) is 30.5 Å². The molecule has 0 saturated heterocycles. The quantitative estimate of drug-likeness (QED) is 0.885. The highest BCUT2D eigenvalue weighted by Crippen LogP contribution is 2.25. The number of nitrogens with zero attached hydrogens (tertiary/aromatic N) is 2. The molecule has 106 valence electrons. The topological polar surface area (TPSA) is 37.8 Å². The van der Waals surface area contributed by atoms with Crippen LogP contribution in [0.2, 0.25) is 5.02 Å². The zero-order chi connectivity index (χ0) is 14.4. The first-order valence-electron chi connectivity index (χ1n) is 6.65. The van der Waals surface area contributed by atoms with Gasteiger partial charge in [-0.05, 0) is 43.1 Å². The van der Waals surface area contributed by atoms with Crippen molar-refractivity contribution in [2.45, 2.75) is 25.8 Å². The number of hydrogen-bond donors (Lipinski definition) is 1. The molecule has 0 radical (unpaired) electrons. The highest BCUT2D eigenvalue weighted by molar-refractivity contribution is 6.31. The fourth-order valence-electron chi connectivity index (χ4n) is 2.06. The Bertz CT molecular complexity index is 528. The van der Waals surface area contributed by atoms with E-state index in [0.717, 1.165) is 18.5 Å². The van der Waals surface area contributed by atoms with Crippen LogP contribution < -0.4 is 5.32 Å². The molecule has 2 aromatic rings. The molecule has 2 rings (SSSR count). The lowest BCUT2D eigenvalue weighted by Crippen LogP contribution is -2.24. The van der Waals surface area contributed by atoms with E-state index in [1.165, 1.54) is 6.07 Å². The first-order valence-corrected chi connectivity index (χ1v) is 7.03. The molecule has 1 N–H and O–H groups in total. The average Bonchev–Trinajstić information content (AvgIpc) is 2.47. The third kappa shape index (κ3) is 3.74. The summed E-state index contributed by atoms with van der Waals surface area (Å²) >= 11 is 6.10. The zero-order valence-corrected chi connectivity index (χ0v) is 12.1. The van der Waals surface area contributed by atoms with Crippen LogP contribution in [0.5, 0.6) is 0 Å². The molecule has 1 aromatic carbocycles. The third-order valence-corrected chi connectivity index (χ3v) is 3.47. The summed E-state index contributed by atoms with van der Waals surface area (Å²) in [6.07, 6.45) is 4.82. The molecule has 0 saturated carbocycles. The second-order valence-electron chi connectivity index (χ2n) is 4.59. The highest BCUT2D eigenvalue weighted by atomic mass is 35.5. The second kappa shape index (κ2) is 7.31. The Balaban J connectivity index is 2.24. The van der Waals surface area contributed by atoms with Gasteiger partial charge in [-0.15, -0.1) is 0 Å². The zero-order valence-electron chi connectivity index (χ0n) is 11.3. The Hall–Kier alpha value is -1.52. The van der Waals surface area contributed by atoms with Gasteiger partial charge in [-0.3, -0.25) is 0 Å². The monoisotopic (exact) mass is 293 g/mol. The Morgan fingerprint density at radius 1 is 1.30 bits per heavy atom. The minimum atomic E-state index is -0.275. The predicted molar refractivity (Wildman–Crippen MR) is 78.2 cm³/mol. The second-order valence-corrected chi connectivity index (χ2v) is 4.99. The summed E-state index contributed by atoms with van der Waals surface area (Å²) in [6, 6.07) is 6.61. The minimum absolute atomic E-state index is 0.0279. The third-order valence-electron chi connectivity index (χ3n) is 3.12. The fourth-order valence-corrected chi connectivity index (χ4v) is 2.31. The summed E-state index contributed by atoms with van der Waals surface area (Å²) in [5, 5.41) is 11.5. The van der Waals surface area contributed by atoms with Gasteiger partial charge in [0.1, 0.15) is 5.82 Å². The van der Waals surface area contributed by atoms with Crippen molar-refractivity contribution in [3.8, 4) is 0 Å². The summed E-state index contributed by atoms with van der Waals surface area (Å²) in [7, 11) is 0. The molecule has 0 spiro atoms. The summed E-state index contributed by atoms with van der Waals surface area (Å²) in [5.41, 5.74) is 1.51. The van der Waals surface area contributed by atoms with Crippen LogP contribution in [0.4, 0.5) is 4.39 Å². The van der Waals surface area contributed by atoms with Gasteiger partial charge < -0.3 is 5.32 Å².